The molecule has 0 bridgehead atoms. The van der Waals surface area contributed by atoms with Gasteiger partial charge in [-0.2, -0.15) is 0 Å². The zero-order chi connectivity index (χ0) is 11.8. The van der Waals surface area contributed by atoms with E-state index >= 15 is 0 Å². The number of sulfone groups is 1. The Kier molecular flexibility index (Phi) is 2.95. The maximum absolute atomic E-state index is 11.4. The molecule has 16 heavy (non-hydrogen) atoms. The zero-order valence-electron chi connectivity index (χ0n) is 8.73. The van der Waals surface area contributed by atoms with E-state index < -0.39 is 9.84 Å². The molecule has 0 radical (unpaired) electrons. The second kappa shape index (κ2) is 4.11. The van der Waals surface area contributed by atoms with Gasteiger partial charge in [-0.3, -0.25) is 0 Å². The minimum atomic E-state index is -3.06. The van der Waals surface area contributed by atoms with E-state index in [9.17, 15) is 8.42 Å². The van der Waals surface area contributed by atoms with Gasteiger partial charge in [0.1, 0.15) is 17.1 Å². The van der Waals surface area contributed by atoms with Gasteiger partial charge in [0, 0.05) is 22.2 Å². The summed E-state index contributed by atoms with van der Waals surface area (Å²) < 4.78 is 28.3. The molecule has 0 amide bonds. The van der Waals surface area contributed by atoms with Gasteiger partial charge in [-0.15, -0.1) is 0 Å². The minimum absolute atomic E-state index is 0.0597. The molecule has 0 aliphatic carbocycles. The summed E-state index contributed by atoms with van der Waals surface area (Å²) in [7, 11) is -3.06. The van der Waals surface area contributed by atoms with Gasteiger partial charge < -0.3 is 4.42 Å². The number of hydrogen-bond acceptors (Lipinski definition) is 3. The van der Waals surface area contributed by atoms with Crippen LogP contribution >= 0.6 is 11.6 Å². The molecule has 3 nitrogen and oxygen atoms in total. The van der Waals surface area contributed by atoms with E-state index in [2.05, 4.69) is 0 Å². The number of furan rings is 1. The first kappa shape index (κ1) is 11.5. The molecule has 0 unspecified atom stereocenters. The van der Waals surface area contributed by atoms with Crippen molar-refractivity contribution in [3.63, 3.8) is 0 Å². The van der Waals surface area contributed by atoms with Crippen molar-refractivity contribution in [1.29, 1.82) is 0 Å². The molecule has 5 heteroatoms. The van der Waals surface area contributed by atoms with E-state index in [4.69, 9.17) is 16.0 Å². The first-order chi connectivity index (χ1) is 7.50. The molecule has 0 fully saturated rings. The van der Waals surface area contributed by atoms with Crippen molar-refractivity contribution in [2.75, 3.05) is 5.75 Å². The minimum Gasteiger partial charge on any atom is -0.460 e. The van der Waals surface area contributed by atoms with Crippen LogP contribution in [0.5, 0.6) is 0 Å². The molecule has 2 aromatic rings. The lowest BCUT2D eigenvalue weighted by Gasteiger charge is -1.95. The molecular formula is C11H11ClO3S. The number of fused-ring (bicyclic) bond motifs is 1. The highest BCUT2D eigenvalue weighted by molar-refractivity contribution is 7.90. The Bertz CT molecular complexity index is 613. The Morgan fingerprint density at radius 1 is 1.31 bits per heavy atom. The number of benzene rings is 1. The third-order valence-corrected chi connectivity index (χ3v) is 4.17. The zero-order valence-corrected chi connectivity index (χ0v) is 10.3. The summed E-state index contributed by atoms with van der Waals surface area (Å²) >= 11 is 5.81. The average Bonchev–Trinajstić information content (AvgIpc) is 2.58. The Hall–Kier alpha value is -1.00. The number of halogens is 1. The molecule has 0 aliphatic rings. The summed E-state index contributed by atoms with van der Waals surface area (Å²) in [6, 6.07) is 6.97. The van der Waals surface area contributed by atoms with Gasteiger partial charge in [0.05, 0.1) is 0 Å². The van der Waals surface area contributed by atoms with Gasteiger partial charge in [-0.05, 0) is 18.2 Å². The van der Waals surface area contributed by atoms with Gasteiger partial charge in [0.2, 0.25) is 0 Å². The van der Waals surface area contributed by atoms with E-state index in [0.29, 0.717) is 16.4 Å². The van der Waals surface area contributed by atoms with E-state index in [1.54, 1.807) is 25.1 Å². The molecule has 0 spiro atoms. The van der Waals surface area contributed by atoms with Crippen LogP contribution in [0.3, 0.4) is 0 Å². The quantitative estimate of drug-likeness (QED) is 0.850. The summed E-state index contributed by atoms with van der Waals surface area (Å²) in [4.78, 5) is 0. The molecular weight excluding hydrogens is 248 g/mol. The topological polar surface area (TPSA) is 47.3 Å². The molecule has 0 aliphatic heterocycles. The van der Waals surface area contributed by atoms with E-state index in [-0.39, 0.29) is 11.5 Å². The van der Waals surface area contributed by atoms with Crippen LogP contribution in [0, 0.1) is 0 Å². The second-order valence-corrected chi connectivity index (χ2v) is 6.36. The predicted octanol–water partition coefficient (Wildman–Crippen LogP) is 3.02. The largest absolute Gasteiger partial charge is 0.460 e. The third kappa shape index (κ3) is 2.39. The standard InChI is InChI=1S/C11H11ClO3S/c1-2-16(13,14)7-10-5-8-3-4-9(12)6-11(8)15-10/h3-6H,2,7H2,1H3. The molecule has 1 heterocycles. The normalized spacial score (nSPS) is 12.1. The van der Waals surface area contributed by atoms with Crippen molar-refractivity contribution in [2.24, 2.45) is 0 Å². The highest BCUT2D eigenvalue weighted by Crippen LogP contribution is 2.24. The number of rotatable bonds is 3. The van der Waals surface area contributed by atoms with Crippen molar-refractivity contribution < 1.29 is 12.8 Å². The summed E-state index contributed by atoms with van der Waals surface area (Å²) in [5.41, 5.74) is 0.619. The first-order valence-electron chi connectivity index (χ1n) is 4.88. The lowest BCUT2D eigenvalue weighted by molar-refractivity contribution is 0.555. The van der Waals surface area contributed by atoms with E-state index in [0.717, 1.165) is 5.39 Å². The maximum Gasteiger partial charge on any atom is 0.157 e. The van der Waals surface area contributed by atoms with Crippen molar-refractivity contribution in [1.82, 2.24) is 0 Å². The van der Waals surface area contributed by atoms with Gasteiger partial charge >= 0.3 is 0 Å². The van der Waals surface area contributed by atoms with Crippen LogP contribution in [0.15, 0.2) is 28.7 Å². The van der Waals surface area contributed by atoms with E-state index in [1.807, 2.05) is 6.07 Å². The molecule has 0 atom stereocenters. The van der Waals surface area contributed by atoms with Crippen LogP contribution in [0.4, 0.5) is 0 Å². The Balaban J connectivity index is 2.40. The lowest BCUT2D eigenvalue weighted by Crippen LogP contribution is -2.05. The number of hydrogen-bond donors (Lipinski definition) is 0. The van der Waals surface area contributed by atoms with Crippen LogP contribution in [0.2, 0.25) is 5.02 Å². The smallest absolute Gasteiger partial charge is 0.157 e. The van der Waals surface area contributed by atoms with Crippen molar-refractivity contribution in [3.8, 4) is 0 Å². The fourth-order valence-corrected chi connectivity index (χ4v) is 2.39. The molecule has 1 aromatic heterocycles. The Morgan fingerprint density at radius 2 is 2.06 bits per heavy atom. The van der Waals surface area contributed by atoms with Gasteiger partial charge in [0.15, 0.2) is 9.84 Å². The maximum atomic E-state index is 11.4. The Labute approximate surface area is 98.9 Å². The first-order valence-corrected chi connectivity index (χ1v) is 7.08. The van der Waals surface area contributed by atoms with E-state index in [1.165, 1.54) is 0 Å². The summed E-state index contributed by atoms with van der Waals surface area (Å²) in [5.74, 6) is 0.514. The van der Waals surface area contributed by atoms with Crippen molar-refractivity contribution >= 4 is 32.4 Å². The van der Waals surface area contributed by atoms with Crippen molar-refractivity contribution in [3.05, 3.63) is 35.0 Å². The fourth-order valence-electron chi connectivity index (χ4n) is 1.45. The summed E-state index contributed by atoms with van der Waals surface area (Å²) in [5, 5.41) is 1.44. The van der Waals surface area contributed by atoms with Crippen LogP contribution in [0.25, 0.3) is 11.0 Å². The molecule has 2 rings (SSSR count). The molecule has 0 saturated carbocycles. The SMILES string of the molecule is CCS(=O)(=O)Cc1cc2ccc(Cl)cc2o1. The molecule has 0 saturated heterocycles. The van der Waals surface area contributed by atoms with Crippen molar-refractivity contribution in [2.45, 2.75) is 12.7 Å². The van der Waals surface area contributed by atoms with Crippen LogP contribution in [0.1, 0.15) is 12.7 Å². The highest BCUT2D eigenvalue weighted by atomic mass is 35.5. The van der Waals surface area contributed by atoms with Gasteiger partial charge in [-0.25, -0.2) is 8.42 Å². The molecule has 0 N–H and O–H groups in total. The summed E-state index contributed by atoms with van der Waals surface area (Å²) in [6.07, 6.45) is 0. The fraction of sp³-hybridized carbons (Fsp3) is 0.273. The van der Waals surface area contributed by atoms with Gasteiger partial charge in [-0.1, -0.05) is 18.5 Å². The highest BCUT2D eigenvalue weighted by Gasteiger charge is 2.13. The van der Waals surface area contributed by atoms with Crippen LogP contribution in [-0.2, 0) is 15.6 Å². The van der Waals surface area contributed by atoms with Crippen LogP contribution in [-0.4, -0.2) is 14.2 Å². The van der Waals surface area contributed by atoms with Gasteiger partial charge in [0.25, 0.3) is 0 Å². The third-order valence-electron chi connectivity index (χ3n) is 2.34. The molecule has 86 valence electrons. The second-order valence-electron chi connectivity index (χ2n) is 3.57. The predicted molar refractivity (Wildman–Crippen MR) is 64.4 cm³/mol. The summed E-state index contributed by atoms with van der Waals surface area (Å²) in [6.45, 7) is 1.62. The monoisotopic (exact) mass is 258 g/mol. The lowest BCUT2D eigenvalue weighted by atomic mass is 10.2. The average molecular weight is 259 g/mol. The Morgan fingerprint density at radius 3 is 2.75 bits per heavy atom. The molecule has 1 aromatic carbocycles. The van der Waals surface area contributed by atoms with Crippen LogP contribution < -0.4 is 0 Å².